The van der Waals surface area contributed by atoms with Crippen LogP contribution in [0.5, 0.6) is 0 Å². The van der Waals surface area contributed by atoms with Crippen LogP contribution in [0.1, 0.15) is 52.6 Å². The van der Waals surface area contributed by atoms with E-state index in [4.69, 9.17) is 5.11 Å². The summed E-state index contributed by atoms with van der Waals surface area (Å²) in [6, 6.07) is 10.7. The van der Waals surface area contributed by atoms with Gasteiger partial charge in [-0.1, -0.05) is 32.9 Å². The smallest absolute Gasteiger partial charge is 0.338 e. The molecule has 0 aliphatic rings. The van der Waals surface area contributed by atoms with E-state index in [-0.39, 0.29) is 16.9 Å². The van der Waals surface area contributed by atoms with Crippen LogP contribution < -0.4 is 5.32 Å². The summed E-state index contributed by atoms with van der Waals surface area (Å²) >= 11 is 0. The molecular weight excluding hydrogens is 414 g/mol. The molecule has 162 valence electrons. The summed E-state index contributed by atoms with van der Waals surface area (Å²) in [4.78, 5) is 24.7. The lowest BCUT2D eigenvalue weighted by Crippen LogP contribution is -2.17. The Morgan fingerprint density at radius 1 is 1.10 bits per heavy atom. The number of aromatic carboxylic acids is 1. The second kappa shape index (κ2) is 8.47. The fraction of sp³-hybridized carbons (Fsp3) is 0.261. The molecule has 31 heavy (non-hydrogen) atoms. The molecule has 7 nitrogen and oxygen atoms in total. The molecule has 2 aromatic carbocycles. The number of aryl methyl sites for hydroxylation is 1. The fourth-order valence-electron chi connectivity index (χ4n) is 3.10. The van der Waals surface area contributed by atoms with E-state index in [1.165, 1.54) is 17.1 Å². The summed E-state index contributed by atoms with van der Waals surface area (Å²) in [5.74, 6) is -1.43. The van der Waals surface area contributed by atoms with Gasteiger partial charge in [0.25, 0.3) is 5.91 Å². The number of nitrogens with zero attached hydrogens (tertiary/aromatic N) is 2. The van der Waals surface area contributed by atoms with E-state index >= 15 is 0 Å². The molecule has 0 radical (unpaired) electrons. The SMILES string of the molecule is Cc1ccc(C(=O)Nc2cc(C(C)(C)C)ccc2[S@@](C)=O)cc1-n1cc(C(=O)O)cn1. The Morgan fingerprint density at radius 3 is 2.39 bits per heavy atom. The molecule has 2 N–H and O–H groups in total. The predicted molar refractivity (Wildman–Crippen MR) is 121 cm³/mol. The molecule has 8 heteroatoms. The van der Waals surface area contributed by atoms with Gasteiger partial charge in [-0.2, -0.15) is 5.10 Å². The van der Waals surface area contributed by atoms with Crippen molar-refractivity contribution in [3.63, 3.8) is 0 Å². The molecule has 0 saturated heterocycles. The first-order chi connectivity index (χ1) is 14.5. The van der Waals surface area contributed by atoms with E-state index in [2.05, 4.69) is 31.2 Å². The Hall–Kier alpha value is -3.26. The molecule has 0 aliphatic heterocycles. The highest BCUT2D eigenvalue weighted by Gasteiger charge is 2.19. The quantitative estimate of drug-likeness (QED) is 0.621. The first-order valence-corrected chi connectivity index (χ1v) is 11.2. The number of nitrogens with one attached hydrogen (secondary N) is 1. The number of amides is 1. The molecule has 0 fully saturated rings. The van der Waals surface area contributed by atoms with Crippen LogP contribution in [0.4, 0.5) is 5.69 Å². The second-order valence-corrected chi connectivity index (χ2v) is 9.70. The number of carboxylic acid groups (broad SMARTS) is 1. The Balaban J connectivity index is 1.97. The molecule has 1 aromatic heterocycles. The van der Waals surface area contributed by atoms with E-state index < -0.39 is 16.8 Å². The van der Waals surface area contributed by atoms with Crippen molar-refractivity contribution in [2.45, 2.75) is 38.0 Å². The minimum Gasteiger partial charge on any atom is -0.478 e. The van der Waals surface area contributed by atoms with Crippen molar-refractivity contribution < 1.29 is 18.9 Å². The van der Waals surface area contributed by atoms with Crippen LogP contribution in [-0.2, 0) is 16.2 Å². The minimum atomic E-state index is -1.27. The zero-order chi connectivity index (χ0) is 22.9. The summed E-state index contributed by atoms with van der Waals surface area (Å²) in [5.41, 5.74) is 3.26. The Kier molecular flexibility index (Phi) is 6.13. The minimum absolute atomic E-state index is 0.0586. The third kappa shape index (κ3) is 4.91. The lowest BCUT2D eigenvalue weighted by molar-refractivity contribution is 0.0696. The van der Waals surface area contributed by atoms with Crippen molar-refractivity contribution in [1.82, 2.24) is 9.78 Å². The van der Waals surface area contributed by atoms with Gasteiger partial charge in [-0.15, -0.1) is 0 Å². The van der Waals surface area contributed by atoms with Crippen LogP contribution in [0.15, 0.2) is 53.7 Å². The van der Waals surface area contributed by atoms with Crippen molar-refractivity contribution in [2.75, 3.05) is 11.6 Å². The first-order valence-electron chi connectivity index (χ1n) is 9.65. The van der Waals surface area contributed by atoms with Crippen molar-refractivity contribution >= 4 is 28.4 Å². The van der Waals surface area contributed by atoms with Gasteiger partial charge in [0, 0.05) is 18.0 Å². The monoisotopic (exact) mass is 439 g/mol. The van der Waals surface area contributed by atoms with Gasteiger partial charge in [-0.25, -0.2) is 9.48 Å². The van der Waals surface area contributed by atoms with Crippen molar-refractivity contribution in [2.24, 2.45) is 0 Å². The first kappa shape index (κ1) is 22.4. The van der Waals surface area contributed by atoms with Crippen molar-refractivity contribution in [3.8, 4) is 5.69 Å². The van der Waals surface area contributed by atoms with Crippen molar-refractivity contribution in [1.29, 1.82) is 0 Å². The summed E-state index contributed by atoms with van der Waals surface area (Å²) in [6.45, 7) is 8.05. The van der Waals surface area contributed by atoms with E-state index in [0.717, 1.165) is 11.1 Å². The third-order valence-corrected chi connectivity index (χ3v) is 5.93. The fourth-order valence-corrected chi connectivity index (χ4v) is 3.78. The topological polar surface area (TPSA) is 101 Å². The van der Waals surface area contributed by atoms with Gasteiger partial charge < -0.3 is 10.4 Å². The standard InChI is InChI=1S/C23H25N3O4S/c1-14-6-7-15(10-19(14)26-13-16(12-24-26)22(28)29)21(27)25-18-11-17(23(2,3)4)8-9-20(18)31(5)30/h6-13H,1-5H3,(H,25,27)(H,28,29)/t31-/m1/s1. The van der Waals surface area contributed by atoms with Crippen LogP contribution >= 0.6 is 0 Å². The second-order valence-electron chi connectivity index (χ2n) is 8.35. The van der Waals surface area contributed by atoms with Gasteiger partial charge in [0.1, 0.15) is 0 Å². The highest BCUT2D eigenvalue weighted by molar-refractivity contribution is 7.84. The normalized spacial score (nSPS) is 12.4. The summed E-state index contributed by atoms with van der Waals surface area (Å²) < 4.78 is 13.6. The lowest BCUT2D eigenvalue weighted by Gasteiger charge is -2.21. The third-order valence-electron chi connectivity index (χ3n) is 4.95. The maximum atomic E-state index is 13.0. The summed E-state index contributed by atoms with van der Waals surface area (Å²) in [5, 5.41) is 16.1. The molecule has 1 heterocycles. The maximum Gasteiger partial charge on any atom is 0.338 e. The molecule has 0 bridgehead atoms. The molecule has 0 unspecified atom stereocenters. The molecule has 0 spiro atoms. The molecular formula is C23H25N3O4S. The van der Waals surface area contributed by atoms with Crippen LogP contribution in [0.3, 0.4) is 0 Å². The summed E-state index contributed by atoms with van der Waals surface area (Å²) in [7, 11) is -1.27. The number of anilines is 1. The van der Waals surface area contributed by atoms with Gasteiger partial charge in [-0.3, -0.25) is 9.00 Å². The van der Waals surface area contributed by atoms with Crippen LogP contribution in [0.2, 0.25) is 0 Å². The average Bonchev–Trinajstić information content (AvgIpc) is 3.17. The Bertz CT molecular complexity index is 1190. The van der Waals surface area contributed by atoms with Gasteiger partial charge in [-0.05, 0) is 47.7 Å². The van der Waals surface area contributed by atoms with Gasteiger partial charge in [0.2, 0.25) is 0 Å². The molecule has 1 atom stereocenters. The number of carbonyl (C=O) groups is 2. The van der Waals surface area contributed by atoms with Crippen LogP contribution in [-0.4, -0.2) is 37.2 Å². The number of carboxylic acids is 1. The predicted octanol–water partition coefficient (Wildman–Crippen LogP) is 4.17. The van der Waals surface area contributed by atoms with Crippen LogP contribution in [0.25, 0.3) is 5.69 Å². The van der Waals surface area contributed by atoms with Gasteiger partial charge in [0.05, 0.1) is 38.8 Å². The number of rotatable bonds is 5. The number of hydrogen-bond acceptors (Lipinski definition) is 4. The zero-order valence-electron chi connectivity index (χ0n) is 18.1. The molecule has 3 rings (SSSR count). The molecule has 1 amide bonds. The highest BCUT2D eigenvalue weighted by Crippen LogP contribution is 2.29. The molecule has 0 saturated carbocycles. The van der Waals surface area contributed by atoms with E-state index in [1.807, 2.05) is 19.1 Å². The van der Waals surface area contributed by atoms with Gasteiger partial charge >= 0.3 is 5.97 Å². The van der Waals surface area contributed by atoms with E-state index in [0.29, 0.717) is 21.8 Å². The summed E-state index contributed by atoms with van der Waals surface area (Å²) in [6.07, 6.45) is 4.23. The van der Waals surface area contributed by atoms with Gasteiger partial charge in [0.15, 0.2) is 0 Å². The molecule has 0 aliphatic carbocycles. The number of benzene rings is 2. The van der Waals surface area contributed by atoms with E-state index in [1.54, 1.807) is 30.5 Å². The average molecular weight is 440 g/mol. The lowest BCUT2D eigenvalue weighted by atomic mass is 9.87. The largest absolute Gasteiger partial charge is 0.478 e. The Labute approximate surface area is 183 Å². The Morgan fingerprint density at radius 2 is 1.81 bits per heavy atom. The van der Waals surface area contributed by atoms with E-state index in [9.17, 15) is 13.8 Å². The van der Waals surface area contributed by atoms with Crippen LogP contribution in [0, 0.1) is 6.92 Å². The molecule has 3 aromatic rings. The number of carbonyl (C=O) groups excluding carboxylic acids is 1. The number of aromatic nitrogens is 2. The number of hydrogen-bond donors (Lipinski definition) is 2. The highest BCUT2D eigenvalue weighted by atomic mass is 32.2. The maximum absolute atomic E-state index is 13.0. The van der Waals surface area contributed by atoms with Crippen molar-refractivity contribution in [3.05, 3.63) is 71.0 Å². The zero-order valence-corrected chi connectivity index (χ0v) is 18.9.